The third-order valence-corrected chi connectivity index (χ3v) is 1.39. The van der Waals surface area contributed by atoms with E-state index in [0.29, 0.717) is 0 Å². The van der Waals surface area contributed by atoms with E-state index in [4.69, 9.17) is 5.11 Å². The van der Waals surface area contributed by atoms with Crippen molar-refractivity contribution in [2.45, 2.75) is 6.67 Å². The SMILES string of the molecule is O=C(O)c1ccccc1CF. The lowest BCUT2D eigenvalue weighted by Gasteiger charge is -1.98. The number of benzene rings is 1. The first-order valence-electron chi connectivity index (χ1n) is 3.13. The molecule has 0 amide bonds. The molecule has 0 radical (unpaired) electrons. The predicted molar refractivity (Wildman–Crippen MR) is 38.2 cm³/mol. The van der Waals surface area contributed by atoms with Crippen molar-refractivity contribution in [3.63, 3.8) is 0 Å². The zero-order valence-electron chi connectivity index (χ0n) is 5.75. The van der Waals surface area contributed by atoms with E-state index >= 15 is 0 Å². The summed E-state index contributed by atoms with van der Waals surface area (Å²) < 4.78 is 12.1. The van der Waals surface area contributed by atoms with Crippen LogP contribution in [-0.2, 0) is 6.67 Å². The molecule has 3 heteroatoms. The monoisotopic (exact) mass is 154 g/mol. The molecular formula is C8H7FO2. The molecule has 0 fully saturated rings. The van der Waals surface area contributed by atoms with Crippen molar-refractivity contribution < 1.29 is 14.3 Å². The van der Waals surface area contributed by atoms with Gasteiger partial charge in [-0.05, 0) is 11.6 Å². The van der Waals surface area contributed by atoms with E-state index in [9.17, 15) is 9.18 Å². The Morgan fingerprint density at radius 1 is 1.45 bits per heavy atom. The first kappa shape index (κ1) is 7.72. The topological polar surface area (TPSA) is 37.3 Å². The molecule has 0 aliphatic rings. The van der Waals surface area contributed by atoms with Gasteiger partial charge < -0.3 is 5.11 Å². The van der Waals surface area contributed by atoms with Crippen LogP contribution >= 0.6 is 0 Å². The van der Waals surface area contributed by atoms with Gasteiger partial charge in [0.05, 0.1) is 5.56 Å². The van der Waals surface area contributed by atoms with Crippen LogP contribution in [0.3, 0.4) is 0 Å². The molecule has 1 rings (SSSR count). The summed E-state index contributed by atoms with van der Waals surface area (Å²) >= 11 is 0. The van der Waals surface area contributed by atoms with Gasteiger partial charge in [0, 0.05) is 0 Å². The molecule has 0 heterocycles. The molecule has 0 spiro atoms. The van der Waals surface area contributed by atoms with Crippen LogP contribution in [0.1, 0.15) is 15.9 Å². The van der Waals surface area contributed by atoms with Crippen LogP contribution in [0.2, 0.25) is 0 Å². The Bertz CT molecular complexity index is 271. The molecular weight excluding hydrogens is 147 g/mol. The van der Waals surface area contributed by atoms with E-state index in [1.54, 1.807) is 12.1 Å². The molecule has 0 saturated heterocycles. The smallest absolute Gasteiger partial charge is 0.336 e. The lowest BCUT2D eigenvalue weighted by molar-refractivity contribution is 0.0695. The predicted octanol–water partition coefficient (Wildman–Crippen LogP) is 1.85. The largest absolute Gasteiger partial charge is 0.478 e. The molecule has 2 nitrogen and oxygen atoms in total. The molecule has 1 aromatic carbocycles. The highest BCUT2D eigenvalue weighted by molar-refractivity contribution is 5.89. The van der Waals surface area contributed by atoms with Crippen molar-refractivity contribution in [2.24, 2.45) is 0 Å². The third-order valence-electron chi connectivity index (χ3n) is 1.39. The lowest BCUT2D eigenvalue weighted by atomic mass is 10.1. The highest BCUT2D eigenvalue weighted by atomic mass is 19.1. The fourth-order valence-corrected chi connectivity index (χ4v) is 0.845. The van der Waals surface area contributed by atoms with Crippen molar-refractivity contribution >= 4 is 5.97 Å². The number of hydrogen-bond donors (Lipinski definition) is 1. The van der Waals surface area contributed by atoms with Gasteiger partial charge in [0.2, 0.25) is 0 Å². The van der Waals surface area contributed by atoms with Gasteiger partial charge in [0.25, 0.3) is 0 Å². The van der Waals surface area contributed by atoms with Crippen molar-refractivity contribution in [3.05, 3.63) is 35.4 Å². The molecule has 1 aromatic rings. The number of rotatable bonds is 2. The Kier molecular flexibility index (Phi) is 2.21. The van der Waals surface area contributed by atoms with Gasteiger partial charge in [-0.2, -0.15) is 0 Å². The molecule has 11 heavy (non-hydrogen) atoms. The molecule has 0 atom stereocenters. The van der Waals surface area contributed by atoms with Gasteiger partial charge in [-0.3, -0.25) is 0 Å². The molecule has 0 bridgehead atoms. The van der Waals surface area contributed by atoms with Gasteiger partial charge in [0.15, 0.2) is 0 Å². The van der Waals surface area contributed by atoms with Crippen LogP contribution in [0, 0.1) is 0 Å². The number of hydrogen-bond acceptors (Lipinski definition) is 1. The molecule has 0 unspecified atom stereocenters. The maximum Gasteiger partial charge on any atom is 0.336 e. The Labute approximate surface area is 63.3 Å². The van der Waals surface area contributed by atoms with E-state index in [0.717, 1.165) is 0 Å². The highest BCUT2D eigenvalue weighted by Crippen LogP contribution is 2.09. The molecule has 58 valence electrons. The van der Waals surface area contributed by atoms with Gasteiger partial charge in [-0.15, -0.1) is 0 Å². The number of halogens is 1. The van der Waals surface area contributed by atoms with Crippen molar-refractivity contribution in [1.29, 1.82) is 0 Å². The van der Waals surface area contributed by atoms with Crippen molar-refractivity contribution in [2.75, 3.05) is 0 Å². The molecule has 0 saturated carbocycles. The first-order valence-corrected chi connectivity index (χ1v) is 3.13. The fraction of sp³-hybridized carbons (Fsp3) is 0.125. The Hall–Kier alpha value is -1.38. The zero-order chi connectivity index (χ0) is 8.27. The van der Waals surface area contributed by atoms with Crippen LogP contribution in [0.25, 0.3) is 0 Å². The normalized spacial score (nSPS) is 9.55. The van der Waals surface area contributed by atoms with Crippen LogP contribution in [0.5, 0.6) is 0 Å². The maximum absolute atomic E-state index is 12.1. The summed E-state index contributed by atoms with van der Waals surface area (Å²) in [5, 5.41) is 8.53. The Morgan fingerprint density at radius 2 is 2.09 bits per heavy atom. The average Bonchev–Trinajstić information content (AvgIpc) is 2.04. The van der Waals surface area contributed by atoms with Gasteiger partial charge in [-0.1, -0.05) is 18.2 Å². The van der Waals surface area contributed by atoms with Gasteiger partial charge >= 0.3 is 5.97 Å². The zero-order valence-corrected chi connectivity index (χ0v) is 5.75. The number of carboxylic acids is 1. The van der Waals surface area contributed by atoms with Crippen LogP contribution in [0.15, 0.2) is 24.3 Å². The van der Waals surface area contributed by atoms with Gasteiger partial charge in [0.1, 0.15) is 6.67 Å². The van der Waals surface area contributed by atoms with Crippen molar-refractivity contribution in [3.8, 4) is 0 Å². The summed E-state index contributed by atoms with van der Waals surface area (Å²) in [6.07, 6.45) is 0. The van der Waals surface area contributed by atoms with E-state index in [1.807, 2.05) is 0 Å². The summed E-state index contributed by atoms with van der Waals surface area (Å²) in [5.74, 6) is -1.08. The molecule has 0 aliphatic carbocycles. The van der Waals surface area contributed by atoms with Crippen molar-refractivity contribution in [1.82, 2.24) is 0 Å². The maximum atomic E-state index is 12.1. The highest BCUT2D eigenvalue weighted by Gasteiger charge is 2.06. The van der Waals surface area contributed by atoms with Gasteiger partial charge in [-0.25, -0.2) is 9.18 Å². The number of carboxylic acid groups (broad SMARTS) is 1. The summed E-state index contributed by atoms with van der Waals surface area (Å²) in [7, 11) is 0. The van der Waals surface area contributed by atoms with Crippen LogP contribution in [0.4, 0.5) is 4.39 Å². The van der Waals surface area contributed by atoms with E-state index < -0.39 is 12.6 Å². The minimum absolute atomic E-state index is 0.0370. The quantitative estimate of drug-likeness (QED) is 0.705. The second-order valence-corrected chi connectivity index (χ2v) is 2.10. The summed E-state index contributed by atoms with van der Waals surface area (Å²) in [6.45, 7) is -0.734. The summed E-state index contributed by atoms with van der Waals surface area (Å²) in [4.78, 5) is 10.4. The standard InChI is InChI=1S/C8H7FO2/c9-5-6-3-1-2-4-7(6)8(10)11/h1-4H,5H2,(H,10,11). The number of carbonyl (C=O) groups is 1. The first-order chi connectivity index (χ1) is 5.25. The molecule has 0 aromatic heterocycles. The summed E-state index contributed by atoms with van der Waals surface area (Å²) in [5.41, 5.74) is 0.259. The Morgan fingerprint density at radius 3 is 2.55 bits per heavy atom. The lowest BCUT2D eigenvalue weighted by Crippen LogP contribution is -2.00. The average molecular weight is 154 g/mol. The second-order valence-electron chi connectivity index (χ2n) is 2.10. The van der Waals surface area contributed by atoms with E-state index in [1.165, 1.54) is 12.1 Å². The minimum atomic E-state index is -1.08. The Balaban J connectivity index is 3.12. The fourth-order valence-electron chi connectivity index (χ4n) is 0.845. The summed E-state index contributed by atoms with van der Waals surface area (Å²) in [6, 6.07) is 6.03. The third kappa shape index (κ3) is 1.55. The minimum Gasteiger partial charge on any atom is -0.478 e. The second kappa shape index (κ2) is 3.14. The molecule has 0 aliphatic heterocycles. The molecule has 1 N–H and O–H groups in total. The van der Waals surface area contributed by atoms with Crippen LogP contribution < -0.4 is 0 Å². The number of aromatic carboxylic acids is 1. The van der Waals surface area contributed by atoms with E-state index in [2.05, 4.69) is 0 Å². The van der Waals surface area contributed by atoms with Crippen LogP contribution in [-0.4, -0.2) is 11.1 Å². The van der Waals surface area contributed by atoms with E-state index in [-0.39, 0.29) is 11.1 Å². The number of alkyl halides is 1.